The van der Waals surface area contributed by atoms with Crippen molar-refractivity contribution in [2.24, 2.45) is 0 Å². The fourth-order valence-electron chi connectivity index (χ4n) is 2.42. The lowest BCUT2D eigenvalue weighted by atomic mass is 10.1. The second kappa shape index (κ2) is 6.20. The SMILES string of the molecule is CC(C)(C)OC(=O)Cn1cnc2scc(-c3ccccc3)c2c1=O. The molecule has 0 atom stereocenters. The van der Waals surface area contributed by atoms with E-state index in [9.17, 15) is 9.59 Å². The molecule has 0 amide bonds. The highest BCUT2D eigenvalue weighted by Crippen LogP contribution is 2.30. The van der Waals surface area contributed by atoms with E-state index in [0.29, 0.717) is 10.2 Å². The van der Waals surface area contributed by atoms with E-state index in [1.165, 1.54) is 22.2 Å². The van der Waals surface area contributed by atoms with E-state index < -0.39 is 11.6 Å². The first kappa shape index (κ1) is 16.4. The average molecular weight is 342 g/mol. The maximum Gasteiger partial charge on any atom is 0.326 e. The van der Waals surface area contributed by atoms with E-state index >= 15 is 0 Å². The van der Waals surface area contributed by atoms with Crippen LogP contribution >= 0.6 is 11.3 Å². The predicted molar refractivity (Wildman–Crippen MR) is 95.2 cm³/mol. The number of rotatable bonds is 3. The minimum absolute atomic E-state index is 0.150. The van der Waals surface area contributed by atoms with Gasteiger partial charge in [-0.25, -0.2) is 4.98 Å². The van der Waals surface area contributed by atoms with E-state index in [4.69, 9.17) is 4.74 Å². The Labute approximate surface area is 143 Å². The summed E-state index contributed by atoms with van der Waals surface area (Å²) in [5.74, 6) is -0.456. The molecule has 0 aliphatic rings. The zero-order valence-electron chi connectivity index (χ0n) is 13.8. The largest absolute Gasteiger partial charge is 0.459 e. The number of benzene rings is 1. The van der Waals surface area contributed by atoms with E-state index in [2.05, 4.69) is 4.98 Å². The number of carbonyl (C=O) groups excluding carboxylic acids is 1. The van der Waals surface area contributed by atoms with Gasteiger partial charge in [-0.3, -0.25) is 14.2 Å². The Morgan fingerprint density at radius 3 is 2.62 bits per heavy atom. The van der Waals surface area contributed by atoms with E-state index in [1.54, 1.807) is 20.8 Å². The van der Waals surface area contributed by atoms with Crippen LogP contribution in [0.4, 0.5) is 0 Å². The van der Waals surface area contributed by atoms with Crippen molar-refractivity contribution in [3.8, 4) is 11.1 Å². The summed E-state index contributed by atoms with van der Waals surface area (Å²) in [6.07, 6.45) is 1.40. The van der Waals surface area contributed by atoms with Crippen molar-refractivity contribution >= 4 is 27.5 Å². The first-order valence-electron chi connectivity index (χ1n) is 7.59. The number of nitrogens with zero attached hydrogens (tertiary/aromatic N) is 2. The van der Waals surface area contributed by atoms with Gasteiger partial charge in [0.25, 0.3) is 5.56 Å². The Morgan fingerprint density at radius 2 is 1.96 bits per heavy atom. The Balaban J connectivity index is 2.02. The molecule has 0 saturated carbocycles. The van der Waals surface area contributed by atoms with Crippen LogP contribution in [0, 0.1) is 0 Å². The van der Waals surface area contributed by atoms with Crippen LogP contribution in [0.3, 0.4) is 0 Å². The third-order valence-corrected chi connectivity index (χ3v) is 4.25. The lowest BCUT2D eigenvalue weighted by molar-refractivity contribution is -0.155. The number of hydrogen-bond acceptors (Lipinski definition) is 5. The molecule has 6 heteroatoms. The second-order valence-electron chi connectivity index (χ2n) is 6.46. The van der Waals surface area contributed by atoms with Gasteiger partial charge in [0.15, 0.2) is 0 Å². The lowest BCUT2D eigenvalue weighted by Crippen LogP contribution is -2.30. The lowest BCUT2D eigenvalue weighted by Gasteiger charge is -2.19. The molecule has 3 rings (SSSR count). The van der Waals surface area contributed by atoms with Crippen LogP contribution in [-0.2, 0) is 16.1 Å². The number of hydrogen-bond donors (Lipinski definition) is 0. The number of fused-ring (bicyclic) bond motifs is 1. The number of thiophene rings is 1. The molecule has 3 aromatic rings. The highest BCUT2D eigenvalue weighted by Gasteiger charge is 2.19. The van der Waals surface area contributed by atoms with Crippen LogP contribution < -0.4 is 5.56 Å². The Morgan fingerprint density at radius 1 is 1.25 bits per heavy atom. The normalized spacial score (nSPS) is 11.6. The molecule has 0 saturated heterocycles. The molecule has 0 fully saturated rings. The Hall–Kier alpha value is -2.47. The molecule has 0 aliphatic heterocycles. The second-order valence-corrected chi connectivity index (χ2v) is 7.32. The van der Waals surface area contributed by atoms with Crippen LogP contribution in [0.5, 0.6) is 0 Å². The van der Waals surface area contributed by atoms with Gasteiger partial charge in [-0.1, -0.05) is 30.3 Å². The van der Waals surface area contributed by atoms with Crippen molar-refractivity contribution in [3.05, 3.63) is 52.4 Å². The molecule has 5 nitrogen and oxygen atoms in total. The molecular formula is C18H18N2O3S. The third kappa shape index (κ3) is 3.38. The number of aromatic nitrogens is 2. The summed E-state index contributed by atoms with van der Waals surface area (Å²) < 4.78 is 6.58. The van der Waals surface area contributed by atoms with Crippen molar-refractivity contribution in [2.75, 3.05) is 0 Å². The van der Waals surface area contributed by atoms with Crippen molar-refractivity contribution in [3.63, 3.8) is 0 Å². The van der Waals surface area contributed by atoms with Gasteiger partial charge in [0.05, 0.1) is 11.7 Å². The first-order chi connectivity index (χ1) is 11.3. The standard InChI is InChI=1S/C18H18N2O3S/c1-18(2,3)23-14(21)9-20-11-19-16-15(17(20)22)13(10-24-16)12-7-5-4-6-8-12/h4-8,10-11H,9H2,1-3H3. The van der Waals surface area contributed by atoms with Crippen LogP contribution in [-0.4, -0.2) is 21.1 Å². The van der Waals surface area contributed by atoms with Crippen LogP contribution in [0.25, 0.3) is 21.3 Å². The van der Waals surface area contributed by atoms with Crippen molar-refractivity contribution in [1.29, 1.82) is 0 Å². The maximum atomic E-state index is 12.8. The number of esters is 1. The molecule has 0 unspecified atom stereocenters. The summed E-state index contributed by atoms with van der Waals surface area (Å²) in [6, 6.07) is 9.68. The molecular weight excluding hydrogens is 324 g/mol. The number of ether oxygens (including phenoxy) is 1. The maximum absolute atomic E-state index is 12.8. The van der Waals surface area contributed by atoms with Gasteiger partial charge < -0.3 is 4.74 Å². The van der Waals surface area contributed by atoms with E-state index in [1.807, 2.05) is 35.7 Å². The van der Waals surface area contributed by atoms with Crippen molar-refractivity contribution < 1.29 is 9.53 Å². The topological polar surface area (TPSA) is 61.2 Å². The fourth-order valence-corrected chi connectivity index (χ4v) is 3.33. The zero-order valence-corrected chi connectivity index (χ0v) is 14.6. The van der Waals surface area contributed by atoms with Crippen LogP contribution in [0.15, 0.2) is 46.8 Å². The molecule has 0 radical (unpaired) electrons. The molecule has 1 aromatic carbocycles. The average Bonchev–Trinajstić information content (AvgIpc) is 2.94. The van der Waals surface area contributed by atoms with Gasteiger partial charge >= 0.3 is 5.97 Å². The molecule has 124 valence electrons. The summed E-state index contributed by atoms with van der Waals surface area (Å²) in [5, 5.41) is 2.46. The Kier molecular flexibility index (Phi) is 4.24. The van der Waals surface area contributed by atoms with Gasteiger partial charge in [0, 0.05) is 10.9 Å². The summed E-state index contributed by atoms with van der Waals surface area (Å²) in [7, 11) is 0. The van der Waals surface area contributed by atoms with Gasteiger partial charge in [0.2, 0.25) is 0 Å². The molecule has 0 bridgehead atoms. The summed E-state index contributed by atoms with van der Waals surface area (Å²) in [4.78, 5) is 29.8. The molecule has 0 spiro atoms. The quantitative estimate of drug-likeness (QED) is 0.684. The summed E-state index contributed by atoms with van der Waals surface area (Å²) in [6.45, 7) is 5.23. The van der Waals surface area contributed by atoms with Gasteiger partial charge in [-0.2, -0.15) is 0 Å². The minimum Gasteiger partial charge on any atom is -0.459 e. The fraction of sp³-hybridized carbons (Fsp3) is 0.278. The van der Waals surface area contributed by atoms with Gasteiger partial charge in [0.1, 0.15) is 17.0 Å². The summed E-state index contributed by atoms with van der Waals surface area (Å²) >= 11 is 1.42. The van der Waals surface area contributed by atoms with E-state index in [0.717, 1.165) is 11.1 Å². The number of carbonyl (C=O) groups is 1. The minimum atomic E-state index is -0.587. The molecule has 2 heterocycles. The molecule has 24 heavy (non-hydrogen) atoms. The third-order valence-electron chi connectivity index (χ3n) is 3.36. The van der Waals surface area contributed by atoms with Gasteiger partial charge in [-0.05, 0) is 26.3 Å². The van der Waals surface area contributed by atoms with Crippen LogP contribution in [0.1, 0.15) is 20.8 Å². The van der Waals surface area contributed by atoms with Crippen LogP contribution in [0.2, 0.25) is 0 Å². The van der Waals surface area contributed by atoms with Crippen molar-refractivity contribution in [2.45, 2.75) is 32.9 Å². The Bertz CT molecular complexity index is 936. The van der Waals surface area contributed by atoms with Crippen molar-refractivity contribution in [1.82, 2.24) is 9.55 Å². The highest BCUT2D eigenvalue weighted by atomic mass is 32.1. The highest BCUT2D eigenvalue weighted by molar-refractivity contribution is 7.17. The predicted octanol–water partition coefficient (Wildman–Crippen LogP) is 3.47. The smallest absolute Gasteiger partial charge is 0.326 e. The van der Waals surface area contributed by atoms with Gasteiger partial charge in [-0.15, -0.1) is 11.3 Å². The molecule has 0 aliphatic carbocycles. The summed E-state index contributed by atoms with van der Waals surface area (Å²) in [5.41, 5.74) is 0.978. The molecule has 0 N–H and O–H groups in total. The monoisotopic (exact) mass is 342 g/mol. The van der Waals surface area contributed by atoms with E-state index in [-0.39, 0.29) is 12.1 Å². The molecule has 2 aromatic heterocycles. The first-order valence-corrected chi connectivity index (χ1v) is 8.47. The zero-order chi connectivity index (χ0) is 17.3.